The second kappa shape index (κ2) is 6.61. The van der Waals surface area contributed by atoms with Crippen LogP contribution in [0.2, 0.25) is 0 Å². The van der Waals surface area contributed by atoms with Crippen LogP contribution in [-0.2, 0) is 0 Å². The van der Waals surface area contributed by atoms with Crippen molar-refractivity contribution in [1.29, 1.82) is 0 Å². The zero-order valence-corrected chi connectivity index (χ0v) is 14.6. The second-order valence-corrected chi connectivity index (χ2v) is 6.38. The molecule has 23 heavy (non-hydrogen) atoms. The molecular formula is C14H18BrN3O5. The lowest BCUT2D eigenvalue weighted by Crippen LogP contribution is -2.58. The minimum absolute atomic E-state index is 0.0409. The number of hydrogen-bond donors (Lipinski definition) is 1. The molecule has 1 aliphatic heterocycles. The highest BCUT2D eigenvalue weighted by atomic mass is 79.9. The summed E-state index contributed by atoms with van der Waals surface area (Å²) in [5, 5.41) is 20.6. The maximum Gasteiger partial charge on any atom is 0.407 e. The van der Waals surface area contributed by atoms with E-state index in [1.165, 1.54) is 18.1 Å². The fraction of sp³-hybridized carbons (Fsp3) is 0.500. The molecule has 0 aliphatic carbocycles. The van der Waals surface area contributed by atoms with Gasteiger partial charge in [-0.05, 0) is 29.8 Å². The van der Waals surface area contributed by atoms with Crippen LogP contribution in [0.3, 0.4) is 0 Å². The second-order valence-electron chi connectivity index (χ2n) is 5.53. The van der Waals surface area contributed by atoms with Gasteiger partial charge < -0.3 is 14.7 Å². The molecule has 2 rings (SSSR count). The highest BCUT2D eigenvalue weighted by Gasteiger charge is 2.35. The van der Waals surface area contributed by atoms with E-state index < -0.39 is 11.0 Å². The molecule has 1 N–H and O–H groups in total. The summed E-state index contributed by atoms with van der Waals surface area (Å²) in [6.45, 7) is 4.34. The largest absolute Gasteiger partial charge is 0.495 e. The number of carboxylic acid groups (broad SMARTS) is 1. The van der Waals surface area contributed by atoms with Crippen LogP contribution in [0.1, 0.15) is 13.8 Å². The van der Waals surface area contributed by atoms with Gasteiger partial charge in [0.25, 0.3) is 5.69 Å². The topological polar surface area (TPSA) is 96.2 Å². The van der Waals surface area contributed by atoms with Gasteiger partial charge in [0.15, 0.2) is 0 Å². The molecule has 9 heteroatoms. The highest BCUT2D eigenvalue weighted by Crippen LogP contribution is 2.39. The quantitative estimate of drug-likeness (QED) is 0.632. The van der Waals surface area contributed by atoms with Crippen LogP contribution < -0.4 is 9.64 Å². The van der Waals surface area contributed by atoms with Crippen molar-refractivity contribution >= 4 is 33.4 Å². The SMILES string of the molecule is COc1cc(N2C[C@@H](C)N(C(=O)O)[C@@H](C)C2)c([N+](=O)[O-])cc1Br. The predicted molar refractivity (Wildman–Crippen MR) is 88.3 cm³/mol. The molecule has 1 aliphatic rings. The Bertz CT molecular complexity index is 627. The van der Waals surface area contributed by atoms with E-state index in [1.807, 2.05) is 4.90 Å². The van der Waals surface area contributed by atoms with Gasteiger partial charge in [-0.1, -0.05) is 0 Å². The lowest BCUT2D eigenvalue weighted by molar-refractivity contribution is -0.384. The van der Waals surface area contributed by atoms with Crippen LogP contribution in [0.25, 0.3) is 0 Å². The van der Waals surface area contributed by atoms with Crippen LogP contribution in [-0.4, -0.2) is 53.3 Å². The number of halogens is 1. The Hall–Kier alpha value is -2.03. The first-order valence-corrected chi connectivity index (χ1v) is 7.83. The maximum atomic E-state index is 11.4. The highest BCUT2D eigenvalue weighted by molar-refractivity contribution is 9.10. The number of nitro benzene ring substituents is 1. The number of carbonyl (C=O) groups is 1. The van der Waals surface area contributed by atoms with Gasteiger partial charge >= 0.3 is 6.09 Å². The van der Waals surface area contributed by atoms with Crippen molar-refractivity contribution in [2.75, 3.05) is 25.1 Å². The van der Waals surface area contributed by atoms with Crippen molar-refractivity contribution in [2.24, 2.45) is 0 Å². The third kappa shape index (κ3) is 3.34. The van der Waals surface area contributed by atoms with Crippen molar-refractivity contribution in [3.63, 3.8) is 0 Å². The molecule has 1 saturated heterocycles. The Balaban J connectivity index is 2.42. The van der Waals surface area contributed by atoms with Crippen molar-refractivity contribution in [3.05, 3.63) is 26.7 Å². The summed E-state index contributed by atoms with van der Waals surface area (Å²) < 4.78 is 5.72. The zero-order valence-electron chi connectivity index (χ0n) is 13.0. The predicted octanol–water partition coefficient (Wildman–Crippen LogP) is 2.94. The first-order chi connectivity index (χ1) is 10.8. The molecule has 0 saturated carbocycles. The normalized spacial score (nSPS) is 21.2. The van der Waals surface area contributed by atoms with Crippen LogP contribution in [0.4, 0.5) is 16.2 Å². The molecule has 1 aromatic rings. The van der Waals surface area contributed by atoms with Crippen LogP contribution in [0.5, 0.6) is 5.75 Å². The van der Waals surface area contributed by atoms with Crippen molar-refractivity contribution < 1.29 is 19.6 Å². The van der Waals surface area contributed by atoms with Gasteiger partial charge in [-0.25, -0.2) is 4.79 Å². The number of anilines is 1. The molecule has 126 valence electrons. The monoisotopic (exact) mass is 387 g/mol. The summed E-state index contributed by atoms with van der Waals surface area (Å²) in [6, 6.07) is 2.47. The minimum Gasteiger partial charge on any atom is -0.495 e. The standard InChI is InChI=1S/C14H18BrN3O5/c1-8-6-16(7-9(2)17(8)14(19)20)11-5-13(23-3)10(15)4-12(11)18(21)22/h4-5,8-9H,6-7H2,1-3H3,(H,19,20)/t8-,9+. The lowest BCUT2D eigenvalue weighted by atomic mass is 10.1. The Morgan fingerprint density at radius 2 is 1.96 bits per heavy atom. The molecule has 0 bridgehead atoms. The van der Waals surface area contributed by atoms with Gasteiger partial charge in [-0.3, -0.25) is 15.0 Å². The van der Waals surface area contributed by atoms with Crippen molar-refractivity contribution in [3.8, 4) is 5.75 Å². The Morgan fingerprint density at radius 3 is 2.39 bits per heavy atom. The third-order valence-electron chi connectivity index (χ3n) is 3.93. The summed E-state index contributed by atoms with van der Waals surface area (Å²) in [5.41, 5.74) is 0.389. The molecule has 1 aromatic carbocycles. The Labute approximate surface area is 141 Å². The first-order valence-electron chi connectivity index (χ1n) is 7.04. The van der Waals surface area contributed by atoms with Crippen LogP contribution in [0, 0.1) is 10.1 Å². The molecular weight excluding hydrogens is 370 g/mol. The number of rotatable bonds is 3. The van der Waals surface area contributed by atoms with Gasteiger partial charge in [0.2, 0.25) is 0 Å². The number of piperazine rings is 1. The molecule has 0 radical (unpaired) electrons. The van der Waals surface area contributed by atoms with Gasteiger partial charge in [0, 0.05) is 25.2 Å². The molecule has 1 fully saturated rings. The van der Waals surface area contributed by atoms with E-state index in [4.69, 9.17) is 4.74 Å². The average molecular weight is 388 g/mol. The molecule has 0 aromatic heterocycles. The van der Waals surface area contributed by atoms with E-state index in [1.54, 1.807) is 19.9 Å². The molecule has 1 amide bonds. The first kappa shape index (κ1) is 17.3. The van der Waals surface area contributed by atoms with Gasteiger partial charge in [0.05, 0.1) is 28.6 Å². The van der Waals surface area contributed by atoms with E-state index >= 15 is 0 Å². The Kier molecular flexibility index (Phi) is 4.98. The minimum atomic E-state index is -0.979. The van der Waals surface area contributed by atoms with Gasteiger partial charge in [0.1, 0.15) is 11.4 Å². The van der Waals surface area contributed by atoms with Crippen LogP contribution in [0.15, 0.2) is 16.6 Å². The maximum absolute atomic E-state index is 11.4. The summed E-state index contributed by atoms with van der Waals surface area (Å²) in [5.74, 6) is 0.492. The Morgan fingerprint density at radius 1 is 1.39 bits per heavy atom. The summed E-state index contributed by atoms with van der Waals surface area (Å²) in [4.78, 5) is 25.4. The van der Waals surface area contributed by atoms with Gasteiger partial charge in [-0.15, -0.1) is 0 Å². The van der Waals surface area contributed by atoms with Crippen molar-refractivity contribution in [1.82, 2.24) is 4.90 Å². The molecule has 2 atom stereocenters. The smallest absolute Gasteiger partial charge is 0.407 e. The number of benzene rings is 1. The summed E-state index contributed by atoms with van der Waals surface area (Å²) >= 11 is 3.25. The number of nitrogens with zero attached hydrogens (tertiary/aromatic N) is 3. The fourth-order valence-corrected chi connectivity index (χ4v) is 3.48. The molecule has 8 nitrogen and oxygen atoms in total. The zero-order chi connectivity index (χ0) is 17.3. The van der Waals surface area contributed by atoms with E-state index in [0.29, 0.717) is 29.0 Å². The van der Waals surface area contributed by atoms with E-state index in [0.717, 1.165) is 0 Å². The van der Waals surface area contributed by atoms with E-state index in [9.17, 15) is 20.0 Å². The number of amides is 1. The van der Waals surface area contributed by atoms with Crippen molar-refractivity contribution in [2.45, 2.75) is 25.9 Å². The number of methoxy groups -OCH3 is 1. The number of ether oxygens (including phenoxy) is 1. The summed E-state index contributed by atoms with van der Waals surface area (Å²) in [6.07, 6.45) is -0.979. The average Bonchev–Trinajstić information content (AvgIpc) is 2.45. The molecule has 0 unspecified atom stereocenters. The lowest BCUT2D eigenvalue weighted by Gasteiger charge is -2.43. The summed E-state index contributed by atoms with van der Waals surface area (Å²) in [7, 11) is 1.49. The van der Waals surface area contributed by atoms with E-state index in [-0.39, 0.29) is 17.8 Å². The number of nitro groups is 1. The third-order valence-corrected chi connectivity index (χ3v) is 4.55. The fourth-order valence-electron chi connectivity index (χ4n) is 2.98. The van der Waals surface area contributed by atoms with E-state index in [2.05, 4.69) is 15.9 Å². The molecule has 1 heterocycles. The number of hydrogen-bond acceptors (Lipinski definition) is 5. The van der Waals surface area contributed by atoms with Gasteiger partial charge in [-0.2, -0.15) is 0 Å². The van der Waals surface area contributed by atoms with Crippen LogP contribution >= 0.6 is 15.9 Å². The molecule has 0 spiro atoms.